The van der Waals surface area contributed by atoms with Crippen LogP contribution >= 0.6 is 0 Å². The van der Waals surface area contributed by atoms with Crippen LogP contribution in [0.25, 0.3) is 11.1 Å². The highest BCUT2D eigenvalue weighted by molar-refractivity contribution is 7.89. The van der Waals surface area contributed by atoms with Crippen LogP contribution in [0.5, 0.6) is 11.5 Å². The lowest BCUT2D eigenvalue weighted by Gasteiger charge is -2.14. The van der Waals surface area contributed by atoms with Gasteiger partial charge in [0.15, 0.2) is 0 Å². The summed E-state index contributed by atoms with van der Waals surface area (Å²) in [5.74, 6) is 1.10. The Hall–Kier alpha value is -3.43. The first-order valence-electron chi connectivity index (χ1n) is 9.29. The van der Waals surface area contributed by atoms with E-state index in [-0.39, 0.29) is 17.2 Å². The number of rotatable bonds is 8. The zero-order valence-corrected chi connectivity index (χ0v) is 18.1. The van der Waals surface area contributed by atoms with Gasteiger partial charge in [-0.3, -0.25) is 10.1 Å². The molecule has 3 rings (SSSR count). The summed E-state index contributed by atoms with van der Waals surface area (Å²) in [5.41, 5.74) is 1.87. The van der Waals surface area contributed by atoms with E-state index in [9.17, 15) is 18.5 Å². The summed E-state index contributed by atoms with van der Waals surface area (Å²) in [6.07, 6.45) is 0. The summed E-state index contributed by atoms with van der Waals surface area (Å²) in [5, 5.41) is 11.2. The first-order valence-corrected chi connectivity index (χ1v) is 10.7. The molecule has 0 heterocycles. The zero-order chi connectivity index (χ0) is 22.6. The van der Waals surface area contributed by atoms with Crippen LogP contribution in [0.2, 0.25) is 0 Å². The molecular weight excluding hydrogens is 420 g/mol. The third-order valence-electron chi connectivity index (χ3n) is 4.65. The fraction of sp³-hybridized carbons (Fsp3) is 0.182. The molecular formula is C22H22N2O6S. The number of benzene rings is 3. The quantitative estimate of drug-likeness (QED) is 0.385. The summed E-state index contributed by atoms with van der Waals surface area (Å²) < 4.78 is 37.0. The van der Waals surface area contributed by atoms with Gasteiger partial charge in [-0.15, -0.1) is 0 Å². The van der Waals surface area contributed by atoms with Crippen molar-refractivity contribution in [3.63, 3.8) is 0 Å². The molecule has 31 heavy (non-hydrogen) atoms. The number of ether oxygens (including phenoxy) is 2. The molecule has 0 N–H and O–H groups in total. The monoisotopic (exact) mass is 442 g/mol. The molecule has 3 aromatic carbocycles. The molecule has 8 nitrogen and oxygen atoms in total. The fourth-order valence-corrected chi connectivity index (χ4v) is 3.89. The van der Waals surface area contributed by atoms with Gasteiger partial charge in [0.1, 0.15) is 18.1 Å². The van der Waals surface area contributed by atoms with Crippen LogP contribution in [0.15, 0.2) is 71.6 Å². The van der Waals surface area contributed by atoms with Crippen LogP contribution in [-0.4, -0.2) is 38.9 Å². The maximum absolute atomic E-state index is 12.4. The third kappa shape index (κ3) is 5.01. The van der Waals surface area contributed by atoms with E-state index in [4.69, 9.17) is 9.47 Å². The number of sulfonamides is 1. The fourth-order valence-electron chi connectivity index (χ4n) is 2.92. The number of nitrogens with zero attached hydrogens (tertiary/aromatic N) is 2. The van der Waals surface area contributed by atoms with Crippen LogP contribution in [0.4, 0.5) is 5.69 Å². The molecule has 0 amide bonds. The molecule has 0 fully saturated rings. The average molecular weight is 442 g/mol. The van der Waals surface area contributed by atoms with Gasteiger partial charge in [0.05, 0.1) is 16.9 Å². The number of nitro benzene ring substituents is 1. The second-order valence-electron chi connectivity index (χ2n) is 6.89. The molecule has 0 saturated heterocycles. The Morgan fingerprint density at radius 3 is 2.32 bits per heavy atom. The number of methoxy groups -OCH3 is 1. The highest BCUT2D eigenvalue weighted by Crippen LogP contribution is 2.35. The largest absolute Gasteiger partial charge is 0.497 e. The maximum Gasteiger partial charge on any atom is 0.270 e. The maximum atomic E-state index is 12.4. The van der Waals surface area contributed by atoms with Crippen LogP contribution < -0.4 is 9.47 Å². The van der Waals surface area contributed by atoms with Gasteiger partial charge >= 0.3 is 0 Å². The van der Waals surface area contributed by atoms with Gasteiger partial charge in [0.2, 0.25) is 10.0 Å². The SMILES string of the molecule is COc1ccc(-c2cc([N+](=O)[O-])ccc2OCc2cccc(S(=O)(=O)N(C)C)c2)cc1. The van der Waals surface area contributed by atoms with Crippen molar-refractivity contribution in [1.29, 1.82) is 0 Å². The topological polar surface area (TPSA) is 99.0 Å². The predicted octanol–water partition coefficient (Wildman–Crippen LogP) is 4.10. The van der Waals surface area contributed by atoms with E-state index in [1.807, 2.05) is 0 Å². The minimum Gasteiger partial charge on any atom is -0.497 e. The molecule has 3 aromatic rings. The average Bonchev–Trinajstić information content (AvgIpc) is 2.77. The van der Waals surface area contributed by atoms with E-state index >= 15 is 0 Å². The van der Waals surface area contributed by atoms with Crippen LogP contribution in [-0.2, 0) is 16.6 Å². The van der Waals surface area contributed by atoms with E-state index in [1.54, 1.807) is 49.6 Å². The van der Waals surface area contributed by atoms with Crippen molar-refractivity contribution in [2.45, 2.75) is 11.5 Å². The van der Waals surface area contributed by atoms with E-state index in [1.165, 1.54) is 38.4 Å². The molecule has 0 atom stereocenters. The molecule has 9 heteroatoms. The summed E-state index contributed by atoms with van der Waals surface area (Å²) >= 11 is 0. The molecule has 0 bridgehead atoms. The van der Waals surface area contributed by atoms with Crippen molar-refractivity contribution >= 4 is 15.7 Å². The molecule has 0 aliphatic rings. The molecule has 0 unspecified atom stereocenters. The summed E-state index contributed by atoms with van der Waals surface area (Å²) in [4.78, 5) is 10.9. The first-order chi connectivity index (χ1) is 14.7. The van der Waals surface area contributed by atoms with Gasteiger partial charge in [-0.25, -0.2) is 12.7 Å². The lowest BCUT2D eigenvalue weighted by atomic mass is 10.0. The molecule has 0 radical (unpaired) electrons. The van der Waals surface area contributed by atoms with Crippen molar-refractivity contribution in [3.05, 3.63) is 82.4 Å². The van der Waals surface area contributed by atoms with Gasteiger partial charge in [-0.1, -0.05) is 24.3 Å². The van der Waals surface area contributed by atoms with Gasteiger partial charge in [0.25, 0.3) is 5.69 Å². The van der Waals surface area contributed by atoms with Gasteiger partial charge in [-0.2, -0.15) is 0 Å². The van der Waals surface area contributed by atoms with Gasteiger partial charge in [0, 0.05) is 31.8 Å². The normalized spacial score (nSPS) is 11.4. The second kappa shape index (κ2) is 9.15. The van der Waals surface area contributed by atoms with Crippen molar-refractivity contribution in [3.8, 4) is 22.6 Å². The van der Waals surface area contributed by atoms with Gasteiger partial charge < -0.3 is 9.47 Å². The van der Waals surface area contributed by atoms with Crippen molar-refractivity contribution in [1.82, 2.24) is 4.31 Å². The number of non-ortho nitro benzene ring substituents is 1. The van der Waals surface area contributed by atoms with Gasteiger partial charge in [-0.05, 0) is 41.5 Å². The minimum atomic E-state index is -3.56. The Bertz CT molecular complexity index is 1190. The van der Waals surface area contributed by atoms with Crippen LogP contribution in [0.3, 0.4) is 0 Å². The van der Waals surface area contributed by atoms with Crippen LogP contribution in [0.1, 0.15) is 5.56 Å². The summed E-state index contributed by atoms with van der Waals surface area (Å²) in [6, 6.07) is 17.9. The van der Waals surface area contributed by atoms with Crippen LogP contribution in [0, 0.1) is 10.1 Å². The first kappa shape index (κ1) is 22.3. The number of nitro groups is 1. The molecule has 162 valence electrons. The van der Waals surface area contributed by atoms with E-state index in [0.717, 1.165) is 9.87 Å². The zero-order valence-electron chi connectivity index (χ0n) is 17.3. The lowest BCUT2D eigenvalue weighted by Crippen LogP contribution is -2.22. The standard InChI is InChI=1S/C22H22N2O6S/c1-23(2)31(27,28)20-6-4-5-16(13-20)15-30-22-12-9-18(24(25)26)14-21(22)17-7-10-19(29-3)11-8-17/h4-14H,15H2,1-3H3. The molecule has 0 aromatic heterocycles. The second-order valence-corrected chi connectivity index (χ2v) is 9.04. The summed E-state index contributed by atoms with van der Waals surface area (Å²) in [6.45, 7) is 0.0950. The molecule has 0 saturated carbocycles. The number of hydrogen-bond acceptors (Lipinski definition) is 6. The van der Waals surface area contributed by atoms with E-state index in [0.29, 0.717) is 22.6 Å². The Morgan fingerprint density at radius 1 is 1.00 bits per heavy atom. The minimum absolute atomic E-state index is 0.0581. The van der Waals surface area contributed by atoms with Crippen molar-refractivity contribution < 1.29 is 22.8 Å². The molecule has 0 aliphatic carbocycles. The molecule has 0 spiro atoms. The Balaban J connectivity index is 1.92. The Labute approximate surface area is 180 Å². The lowest BCUT2D eigenvalue weighted by molar-refractivity contribution is -0.384. The Morgan fingerprint density at radius 2 is 1.71 bits per heavy atom. The molecule has 0 aliphatic heterocycles. The van der Waals surface area contributed by atoms with E-state index < -0.39 is 14.9 Å². The number of hydrogen-bond donors (Lipinski definition) is 0. The summed E-state index contributed by atoms with van der Waals surface area (Å²) in [7, 11) is 0.930. The predicted molar refractivity (Wildman–Crippen MR) is 117 cm³/mol. The smallest absolute Gasteiger partial charge is 0.270 e. The van der Waals surface area contributed by atoms with E-state index in [2.05, 4.69) is 0 Å². The Kier molecular flexibility index (Phi) is 6.57. The highest BCUT2D eigenvalue weighted by Gasteiger charge is 2.18. The van der Waals surface area contributed by atoms with Crippen molar-refractivity contribution in [2.24, 2.45) is 0 Å². The van der Waals surface area contributed by atoms with Crippen molar-refractivity contribution in [2.75, 3.05) is 21.2 Å². The highest BCUT2D eigenvalue weighted by atomic mass is 32.2. The third-order valence-corrected chi connectivity index (χ3v) is 6.46.